The van der Waals surface area contributed by atoms with E-state index in [4.69, 9.17) is 0 Å². The highest BCUT2D eigenvalue weighted by Crippen LogP contribution is 2.41. The van der Waals surface area contributed by atoms with Gasteiger partial charge in [0, 0.05) is 0 Å². The molecule has 88 valence electrons. The van der Waals surface area contributed by atoms with Gasteiger partial charge >= 0.3 is 0 Å². The first-order valence-corrected chi connectivity index (χ1v) is 7.03. The summed E-state index contributed by atoms with van der Waals surface area (Å²) in [7, 11) is 0. The maximum absolute atomic E-state index is 10.0. The van der Waals surface area contributed by atoms with Crippen LogP contribution in [0.2, 0.25) is 0 Å². The van der Waals surface area contributed by atoms with Crippen molar-refractivity contribution < 1.29 is 5.11 Å². The van der Waals surface area contributed by atoms with Crippen LogP contribution in [0.3, 0.4) is 0 Å². The molecule has 0 fully saturated rings. The zero-order valence-electron chi connectivity index (χ0n) is 10.2. The van der Waals surface area contributed by atoms with E-state index in [1.165, 1.54) is 30.4 Å². The summed E-state index contributed by atoms with van der Waals surface area (Å²) in [5.74, 6) is 0.483. The second-order valence-electron chi connectivity index (χ2n) is 5.45. The first kappa shape index (κ1) is 12.2. The van der Waals surface area contributed by atoms with Gasteiger partial charge in [-0.2, -0.15) is 0 Å². The highest BCUT2D eigenvalue weighted by Gasteiger charge is 2.28. The Bertz CT molecular complexity index is 421. The lowest BCUT2D eigenvalue weighted by atomic mass is 9.79. The summed E-state index contributed by atoms with van der Waals surface area (Å²) in [6, 6.07) is 2.18. The monoisotopic (exact) mass is 330 g/mol. The van der Waals surface area contributed by atoms with Gasteiger partial charge in [-0.25, -0.2) is 0 Å². The normalized spacial score (nSPS) is 19.0. The van der Waals surface area contributed by atoms with Gasteiger partial charge in [0.05, 0.1) is 3.57 Å². The molecule has 0 amide bonds. The van der Waals surface area contributed by atoms with Crippen LogP contribution in [0.25, 0.3) is 0 Å². The molecule has 0 heterocycles. The number of aromatic hydroxyl groups is 1. The highest BCUT2D eigenvalue weighted by molar-refractivity contribution is 14.1. The number of hydrogen-bond acceptors (Lipinski definition) is 1. The summed E-state index contributed by atoms with van der Waals surface area (Å²) < 4.78 is 0.990. The number of fused-ring (bicyclic) bond motifs is 1. The van der Waals surface area contributed by atoms with Crippen molar-refractivity contribution in [1.29, 1.82) is 0 Å². The van der Waals surface area contributed by atoms with Gasteiger partial charge in [-0.1, -0.05) is 20.3 Å². The molecule has 1 N–H and O–H groups in total. The summed E-state index contributed by atoms with van der Waals surface area (Å²) in [6.07, 6.45) is 4.91. The van der Waals surface area contributed by atoms with E-state index < -0.39 is 0 Å². The Labute approximate surface area is 111 Å². The third kappa shape index (κ3) is 1.96. The van der Waals surface area contributed by atoms with Crippen molar-refractivity contribution >= 4 is 22.6 Å². The van der Waals surface area contributed by atoms with E-state index in [2.05, 4.69) is 49.4 Å². The molecule has 1 aliphatic rings. The predicted octanol–water partition coefficient (Wildman–Crippen LogP) is 4.31. The number of benzene rings is 1. The van der Waals surface area contributed by atoms with E-state index >= 15 is 0 Å². The molecule has 1 aromatic rings. The van der Waals surface area contributed by atoms with Crippen LogP contribution in [0, 0.1) is 10.5 Å². The van der Waals surface area contributed by atoms with Gasteiger partial charge in [0.2, 0.25) is 0 Å². The Kier molecular flexibility index (Phi) is 3.21. The predicted molar refractivity (Wildman–Crippen MR) is 76.1 cm³/mol. The number of phenols is 1. The molecule has 1 nitrogen and oxygen atoms in total. The van der Waals surface area contributed by atoms with Gasteiger partial charge in [0.25, 0.3) is 0 Å². The van der Waals surface area contributed by atoms with Gasteiger partial charge in [-0.3, -0.25) is 0 Å². The molecule has 2 heteroatoms. The van der Waals surface area contributed by atoms with Gasteiger partial charge in [-0.15, -0.1) is 0 Å². The molecule has 0 spiro atoms. The van der Waals surface area contributed by atoms with Gasteiger partial charge < -0.3 is 5.11 Å². The fourth-order valence-electron chi connectivity index (χ4n) is 2.74. The number of halogens is 1. The molecule has 1 aromatic carbocycles. The van der Waals surface area contributed by atoms with Crippen LogP contribution in [0.5, 0.6) is 5.75 Å². The molecule has 0 saturated carbocycles. The third-order valence-electron chi connectivity index (χ3n) is 3.84. The Morgan fingerprint density at radius 2 is 2.00 bits per heavy atom. The summed E-state index contributed by atoms with van der Waals surface area (Å²) in [5.41, 5.74) is 4.19. The van der Waals surface area contributed by atoms with E-state index in [1.807, 2.05) is 0 Å². The van der Waals surface area contributed by atoms with Crippen LogP contribution in [-0.2, 0) is 11.8 Å². The zero-order valence-corrected chi connectivity index (χ0v) is 12.4. The summed E-state index contributed by atoms with van der Waals surface area (Å²) in [5, 5.41) is 10.0. The Hall–Kier alpha value is -0.250. The molecule has 16 heavy (non-hydrogen) atoms. The maximum atomic E-state index is 10.0. The van der Waals surface area contributed by atoms with Gasteiger partial charge in [-0.05, 0) is 76.9 Å². The van der Waals surface area contributed by atoms with Crippen molar-refractivity contribution in [3.8, 4) is 5.75 Å². The molecule has 0 saturated heterocycles. The fraction of sp³-hybridized carbons (Fsp3) is 0.571. The van der Waals surface area contributed by atoms with E-state index in [0.29, 0.717) is 5.75 Å². The van der Waals surface area contributed by atoms with Gasteiger partial charge in [0.15, 0.2) is 0 Å². The van der Waals surface area contributed by atoms with Crippen LogP contribution < -0.4 is 0 Å². The van der Waals surface area contributed by atoms with Crippen molar-refractivity contribution in [2.75, 3.05) is 0 Å². The standard InChI is InChI=1S/C14H19IO/c1-9-10-6-4-5-7-14(2,3)11(10)8-12(15)13(9)16/h8,16H,4-7H2,1-3H3. The lowest BCUT2D eigenvalue weighted by molar-refractivity contribution is 0.457. The van der Waals surface area contributed by atoms with Crippen molar-refractivity contribution in [3.05, 3.63) is 26.3 Å². The molecule has 1 aliphatic carbocycles. The molecule has 0 aliphatic heterocycles. The molecule has 2 rings (SSSR count). The first-order valence-electron chi connectivity index (χ1n) is 5.95. The average Bonchev–Trinajstić information content (AvgIpc) is 2.36. The average molecular weight is 330 g/mol. The molecule has 0 atom stereocenters. The molecular formula is C14H19IO. The van der Waals surface area contributed by atoms with Gasteiger partial charge in [0.1, 0.15) is 5.75 Å². The zero-order chi connectivity index (χ0) is 11.9. The largest absolute Gasteiger partial charge is 0.507 e. The van der Waals surface area contributed by atoms with Crippen LogP contribution in [0.15, 0.2) is 6.07 Å². The fourth-order valence-corrected chi connectivity index (χ4v) is 3.45. The van der Waals surface area contributed by atoms with Crippen molar-refractivity contribution in [3.63, 3.8) is 0 Å². The number of hydrogen-bond donors (Lipinski definition) is 1. The van der Waals surface area contributed by atoms with Crippen LogP contribution in [-0.4, -0.2) is 5.11 Å². The summed E-state index contributed by atoms with van der Waals surface area (Å²) >= 11 is 2.24. The molecular weight excluding hydrogens is 311 g/mol. The first-order chi connectivity index (χ1) is 7.43. The van der Waals surface area contributed by atoms with Crippen molar-refractivity contribution in [2.24, 2.45) is 0 Å². The Morgan fingerprint density at radius 1 is 1.31 bits per heavy atom. The summed E-state index contributed by atoms with van der Waals surface area (Å²) in [6.45, 7) is 6.70. The summed E-state index contributed by atoms with van der Waals surface area (Å²) in [4.78, 5) is 0. The number of phenolic OH excluding ortho intramolecular Hbond substituents is 1. The van der Waals surface area contributed by atoms with Crippen LogP contribution in [0.4, 0.5) is 0 Å². The van der Waals surface area contributed by atoms with Crippen molar-refractivity contribution in [2.45, 2.75) is 51.9 Å². The second-order valence-corrected chi connectivity index (χ2v) is 6.61. The molecule has 0 aromatic heterocycles. The minimum absolute atomic E-state index is 0.254. The van der Waals surface area contributed by atoms with Crippen LogP contribution in [0.1, 0.15) is 49.8 Å². The SMILES string of the molecule is Cc1c(O)c(I)cc2c1CCCCC2(C)C. The lowest BCUT2D eigenvalue weighted by Crippen LogP contribution is -2.18. The van der Waals surface area contributed by atoms with E-state index in [1.54, 1.807) is 0 Å². The van der Waals surface area contributed by atoms with Crippen LogP contribution >= 0.6 is 22.6 Å². The Morgan fingerprint density at radius 3 is 2.69 bits per heavy atom. The maximum Gasteiger partial charge on any atom is 0.132 e. The number of rotatable bonds is 0. The van der Waals surface area contributed by atoms with E-state index in [-0.39, 0.29) is 5.41 Å². The minimum Gasteiger partial charge on any atom is -0.507 e. The second kappa shape index (κ2) is 4.21. The lowest BCUT2D eigenvalue weighted by Gasteiger charge is -2.27. The smallest absolute Gasteiger partial charge is 0.132 e. The van der Waals surface area contributed by atoms with E-state index in [0.717, 1.165) is 15.6 Å². The third-order valence-corrected chi connectivity index (χ3v) is 4.66. The quantitative estimate of drug-likeness (QED) is 0.555. The van der Waals surface area contributed by atoms with E-state index in [9.17, 15) is 5.11 Å². The topological polar surface area (TPSA) is 20.2 Å². The Balaban J connectivity index is 2.68. The molecule has 0 bridgehead atoms. The minimum atomic E-state index is 0.254. The van der Waals surface area contributed by atoms with Crippen molar-refractivity contribution in [1.82, 2.24) is 0 Å². The molecule has 0 radical (unpaired) electrons. The highest BCUT2D eigenvalue weighted by atomic mass is 127. The molecule has 0 unspecified atom stereocenters.